The van der Waals surface area contributed by atoms with E-state index in [0.29, 0.717) is 24.9 Å². The summed E-state index contributed by atoms with van der Waals surface area (Å²) < 4.78 is 7.75. The number of benzene rings is 2. The minimum absolute atomic E-state index is 0.463. The van der Waals surface area contributed by atoms with Gasteiger partial charge in [0.25, 0.3) is 0 Å². The molecule has 0 saturated carbocycles. The molecule has 1 N–H and O–H groups in total. The fraction of sp³-hybridized carbons (Fsp3) is 0.375. The molecule has 0 saturated heterocycles. The summed E-state index contributed by atoms with van der Waals surface area (Å²) in [6.45, 7) is 5.79. The third kappa shape index (κ3) is 5.19. The summed E-state index contributed by atoms with van der Waals surface area (Å²) in [7, 11) is 0. The van der Waals surface area contributed by atoms with E-state index in [1.165, 1.54) is 0 Å². The zero-order valence-electron chi connectivity index (χ0n) is 18.7. The molecule has 4 rings (SSSR count). The molecule has 0 unspecified atom stereocenters. The summed E-state index contributed by atoms with van der Waals surface area (Å²) in [4.78, 5) is 4.68. The van der Waals surface area contributed by atoms with E-state index in [1.54, 1.807) is 0 Å². The molecule has 32 heavy (non-hydrogen) atoms. The predicted octanol–water partition coefficient (Wildman–Crippen LogP) is 4.70. The Bertz CT molecular complexity index is 1110. The van der Waals surface area contributed by atoms with E-state index < -0.39 is 0 Å². The van der Waals surface area contributed by atoms with Crippen LogP contribution in [0.3, 0.4) is 0 Å². The minimum Gasteiger partial charge on any atom is -0.462 e. The molecule has 0 radical (unpaired) electrons. The molecule has 0 aliphatic rings. The van der Waals surface area contributed by atoms with Crippen LogP contribution >= 0.6 is 0 Å². The number of ether oxygens (including phenoxy) is 1. The number of H-pyrrole nitrogens is 1. The number of rotatable bonds is 11. The molecule has 0 bridgehead atoms. The molecule has 0 atom stereocenters. The van der Waals surface area contributed by atoms with E-state index in [4.69, 9.17) is 4.74 Å². The standard InChI is InChI=1S/C24H29N7O/c1-3-5-14-31-22(25-24(28-31)32-15-6-4-2)17-18-12-13-20(19-10-8-7-9-11-19)21(16-18)23-26-29-30-27-23/h7-13,16H,3-6,14-15,17H2,1-2H3,(H,26,27,29,30). The number of hydrogen-bond acceptors (Lipinski definition) is 6. The van der Waals surface area contributed by atoms with Crippen LogP contribution in [0.15, 0.2) is 48.5 Å². The van der Waals surface area contributed by atoms with Gasteiger partial charge in [-0.2, -0.15) is 4.98 Å². The fourth-order valence-corrected chi connectivity index (χ4v) is 3.56. The topological polar surface area (TPSA) is 94.4 Å². The highest BCUT2D eigenvalue weighted by molar-refractivity contribution is 5.80. The van der Waals surface area contributed by atoms with Gasteiger partial charge in [-0.3, -0.25) is 0 Å². The summed E-state index contributed by atoms with van der Waals surface area (Å²) in [6, 6.07) is 17.1. The zero-order chi connectivity index (χ0) is 22.2. The van der Waals surface area contributed by atoms with Gasteiger partial charge in [-0.1, -0.05) is 69.2 Å². The van der Waals surface area contributed by atoms with Crippen LogP contribution in [0.1, 0.15) is 50.9 Å². The molecule has 2 aromatic carbocycles. The lowest BCUT2D eigenvalue weighted by molar-refractivity contribution is 0.283. The molecule has 0 fully saturated rings. The van der Waals surface area contributed by atoms with Gasteiger partial charge in [0.2, 0.25) is 0 Å². The first-order chi connectivity index (χ1) is 15.8. The van der Waals surface area contributed by atoms with E-state index >= 15 is 0 Å². The van der Waals surface area contributed by atoms with Crippen LogP contribution in [0, 0.1) is 0 Å². The Balaban J connectivity index is 1.65. The summed E-state index contributed by atoms with van der Waals surface area (Å²) in [5, 5.41) is 19.2. The van der Waals surface area contributed by atoms with Gasteiger partial charge < -0.3 is 4.74 Å². The second kappa shape index (κ2) is 10.7. The van der Waals surface area contributed by atoms with Crippen LogP contribution in [-0.4, -0.2) is 42.0 Å². The quantitative estimate of drug-likeness (QED) is 0.346. The summed E-state index contributed by atoms with van der Waals surface area (Å²) in [6.07, 6.45) is 4.87. The first kappa shape index (κ1) is 21.7. The number of tetrazole rings is 1. The van der Waals surface area contributed by atoms with Gasteiger partial charge in [0.05, 0.1) is 6.61 Å². The smallest absolute Gasteiger partial charge is 0.335 e. The molecule has 4 aromatic rings. The first-order valence-corrected chi connectivity index (χ1v) is 11.3. The molecule has 2 aromatic heterocycles. The highest BCUT2D eigenvalue weighted by Gasteiger charge is 2.15. The monoisotopic (exact) mass is 431 g/mol. The zero-order valence-corrected chi connectivity index (χ0v) is 18.7. The van der Waals surface area contributed by atoms with Crippen LogP contribution in [0.25, 0.3) is 22.5 Å². The van der Waals surface area contributed by atoms with Crippen molar-refractivity contribution in [3.8, 4) is 28.5 Å². The van der Waals surface area contributed by atoms with Crippen molar-refractivity contribution in [2.75, 3.05) is 6.61 Å². The van der Waals surface area contributed by atoms with Crippen molar-refractivity contribution in [2.45, 2.75) is 52.5 Å². The third-order valence-electron chi connectivity index (χ3n) is 5.31. The maximum absolute atomic E-state index is 5.77. The second-order valence-electron chi connectivity index (χ2n) is 7.76. The summed E-state index contributed by atoms with van der Waals surface area (Å²) in [5.74, 6) is 1.54. The van der Waals surface area contributed by atoms with Crippen LogP contribution < -0.4 is 4.74 Å². The summed E-state index contributed by atoms with van der Waals surface area (Å²) in [5.41, 5.74) is 4.26. The van der Waals surface area contributed by atoms with Crippen LogP contribution in [0.5, 0.6) is 6.01 Å². The van der Waals surface area contributed by atoms with Gasteiger partial charge in [0, 0.05) is 18.5 Å². The molecule has 0 amide bonds. The van der Waals surface area contributed by atoms with Crippen LogP contribution in [0.4, 0.5) is 0 Å². The lowest BCUT2D eigenvalue weighted by Crippen LogP contribution is -2.07. The molecule has 2 heterocycles. The largest absolute Gasteiger partial charge is 0.462 e. The van der Waals surface area contributed by atoms with Crippen molar-refractivity contribution in [3.05, 3.63) is 59.9 Å². The Morgan fingerprint density at radius 2 is 1.81 bits per heavy atom. The molecular formula is C24H29N7O. The number of hydrogen-bond donors (Lipinski definition) is 1. The second-order valence-corrected chi connectivity index (χ2v) is 7.76. The molecule has 0 aliphatic heterocycles. The molecule has 0 spiro atoms. The number of aromatic amines is 1. The van der Waals surface area contributed by atoms with Gasteiger partial charge in [-0.05, 0) is 46.0 Å². The van der Waals surface area contributed by atoms with Crippen LogP contribution in [0.2, 0.25) is 0 Å². The SMILES string of the molecule is CCCCOc1nc(Cc2ccc(-c3ccccc3)c(-c3nnn[nH]3)c2)n(CCCC)n1. The van der Waals surface area contributed by atoms with Crippen molar-refractivity contribution < 1.29 is 4.74 Å². The van der Waals surface area contributed by atoms with E-state index in [2.05, 4.69) is 74.9 Å². The lowest BCUT2D eigenvalue weighted by Gasteiger charge is -2.11. The number of nitrogens with zero attached hydrogens (tertiary/aromatic N) is 6. The van der Waals surface area contributed by atoms with Gasteiger partial charge in [0.15, 0.2) is 5.82 Å². The highest BCUT2D eigenvalue weighted by Crippen LogP contribution is 2.31. The van der Waals surface area contributed by atoms with E-state index in [9.17, 15) is 0 Å². The minimum atomic E-state index is 0.463. The van der Waals surface area contributed by atoms with E-state index in [-0.39, 0.29) is 0 Å². The first-order valence-electron chi connectivity index (χ1n) is 11.3. The van der Waals surface area contributed by atoms with Gasteiger partial charge in [0.1, 0.15) is 5.82 Å². The van der Waals surface area contributed by atoms with Crippen molar-refractivity contribution in [2.24, 2.45) is 0 Å². The third-order valence-corrected chi connectivity index (χ3v) is 5.31. The maximum Gasteiger partial charge on any atom is 0.335 e. The highest BCUT2D eigenvalue weighted by atomic mass is 16.5. The molecule has 8 nitrogen and oxygen atoms in total. The number of aryl methyl sites for hydroxylation is 1. The van der Waals surface area contributed by atoms with E-state index in [1.807, 2.05) is 22.9 Å². The Hall–Kier alpha value is -3.55. The number of unbranched alkanes of at least 4 members (excludes halogenated alkanes) is 2. The van der Waals surface area contributed by atoms with Crippen molar-refractivity contribution >= 4 is 0 Å². The predicted molar refractivity (Wildman–Crippen MR) is 123 cm³/mol. The Kier molecular flexibility index (Phi) is 7.22. The van der Waals surface area contributed by atoms with Gasteiger partial charge in [-0.25, -0.2) is 9.78 Å². The Morgan fingerprint density at radius 1 is 0.969 bits per heavy atom. The van der Waals surface area contributed by atoms with Gasteiger partial charge >= 0.3 is 6.01 Å². The van der Waals surface area contributed by atoms with Crippen molar-refractivity contribution in [3.63, 3.8) is 0 Å². The summed E-state index contributed by atoms with van der Waals surface area (Å²) >= 11 is 0. The maximum atomic E-state index is 5.77. The molecule has 8 heteroatoms. The average molecular weight is 432 g/mol. The molecular weight excluding hydrogens is 402 g/mol. The number of aromatic nitrogens is 7. The molecule has 0 aliphatic carbocycles. The Labute approximate surface area is 188 Å². The Morgan fingerprint density at radius 3 is 2.56 bits per heavy atom. The fourth-order valence-electron chi connectivity index (χ4n) is 3.56. The van der Waals surface area contributed by atoms with Crippen molar-refractivity contribution in [1.29, 1.82) is 0 Å². The van der Waals surface area contributed by atoms with Crippen LogP contribution in [-0.2, 0) is 13.0 Å². The normalized spacial score (nSPS) is 11.1. The molecule has 166 valence electrons. The lowest BCUT2D eigenvalue weighted by atomic mass is 9.96. The number of nitrogens with one attached hydrogen (secondary N) is 1. The van der Waals surface area contributed by atoms with Gasteiger partial charge in [-0.15, -0.1) is 10.2 Å². The van der Waals surface area contributed by atoms with E-state index in [0.717, 1.165) is 60.3 Å². The van der Waals surface area contributed by atoms with Crippen molar-refractivity contribution in [1.82, 2.24) is 35.4 Å². The average Bonchev–Trinajstić information content (AvgIpc) is 3.49.